The lowest BCUT2D eigenvalue weighted by Gasteiger charge is -2.32. The Morgan fingerprint density at radius 3 is 2.69 bits per heavy atom. The number of hydrogen-bond donors (Lipinski definition) is 2. The largest absolute Gasteiger partial charge is 0.497 e. The summed E-state index contributed by atoms with van der Waals surface area (Å²) in [5.41, 5.74) is 2.48. The molecule has 1 fully saturated rings. The monoisotopic (exact) mass is 358 g/mol. The van der Waals surface area contributed by atoms with Crippen LogP contribution in [0.1, 0.15) is 63.5 Å². The van der Waals surface area contributed by atoms with Gasteiger partial charge in [-0.05, 0) is 47.9 Å². The van der Waals surface area contributed by atoms with E-state index in [0.29, 0.717) is 5.92 Å². The van der Waals surface area contributed by atoms with Crippen LogP contribution in [0.15, 0.2) is 18.2 Å². The molecule has 1 heterocycles. The normalized spacial score (nSPS) is 21.9. The number of carbonyl (C=O) groups is 1. The minimum atomic E-state index is -0.136. The molecule has 3 rings (SSSR count). The molecule has 0 spiro atoms. The lowest BCUT2D eigenvalue weighted by Crippen LogP contribution is -2.52. The highest BCUT2D eigenvalue weighted by atomic mass is 16.5. The molecule has 1 saturated carbocycles. The number of hydrogen-bond acceptors (Lipinski definition) is 3. The predicted octanol–water partition coefficient (Wildman–Crippen LogP) is 3.82. The van der Waals surface area contributed by atoms with E-state index in [1.165, 1.54) is 43.2 Å². The molecule has 1 unspecified atom stereocenters. The Morgan fingerprint density at radius 1 is 1.23 bits per heavy atom. The van der Waals surface area contributed by atoms with Crippen molar-refractivity contribution < 1.29 is 9.53 Å². The number of methoxy groups -OCH3 is 1. The van der Waals surface area contributed by atoms with Gasteiger partial charge in [0.1, 0.15) is 5.75 Å². The zero-order chi connectivity index (χ0) is 18.5. The molecule has 2 N–H and O–H groups in total. The molecule has 144 valence electrons. The van der Waals surface area contributed by atoms with Gasteiger partial charge in [0.2, 0.25) is 5.91 Å². The van der Waals surface area contributed by atoms with Gasteiger partial charge in [-0.3, -0.25) is 4.79 Å². The van der Waals surface area contributed by atoms with Crippen LogP contribution in [0, 0.1) is 11.8 Å². The number of carbonyl (C=O) groups excluding carboxylic acids is 1. The first-order chi connectivity index (χ1) is 12.6. The summed E-state index contributed by atoms with van der Waals surface area (Å²) >= 11 is 0. The molecule has 26 heavy (non-hydrogen) atoms. The maximum atomic E-state index is 12.9. The molecule has 1 aromatic carbocycles. The first-order valence-corrected chi connectivity index (χ1v) is 10.3. The third-order valence-electron chi connectivity index (χ3n) is 6.14. The van der Waals surface area contributed by atoms with Crippen LogP contribution in [0.25, 0.3) is 0 Å². The van der Waals surface area contributed by atoms with Gasteiger partial charge in [0.05, 0.1) is 13.2 Å². The highest BCUT2D eigenvalue weighted by Gasteiger charge is 2.28. The molecule has 0 bridgehead atoms. The van der Waals surface area contributed by atoms with Crippen molar-refractivity contribution in [1.82, 2.24) is 10.6 Å². The average molecular weight is 359 g/mol. The van der Waals surface area contributed by atoms with Crippen molar-refractivity contribution in [3.63, 3.8) is 0 Å². The van der Waals surface area contributed by atoms with E-state index in [2.05, 4.69) is 36.6 Å². The summed E-state index contributed by atoms with van der Waals surface area (Å²) < 4.78 is 5.30. The summed E-state index contributed by atoms with van der Waals surface area (Å²) in [6.45, 7) is 5.17. The van der Waals surface area contributed by atoms with E-state index in [1.54, 1.807) is 7.11 Å². The van der Waals surface area contributed by atoms with Crippen molar-refractivity contribution in [1.29, 1.82) is 0 Å². The smallest absolute Gasteiger partial charge is 0.237 e. The van der Waals surface area contributed by atoms with Crippen molar-refractivity contribution in [2.75, 3.05) is 7.11 Å². The number of fused-ring (bicyclic) bond motifs is 1. The van der Waals surface area contributed by atoms with Crippen LogP contribution in [-0.2, 0) is 17.8 Å². The fourth-order valence-electron chi connectivity index (χ4n) is 4.37. The highest BCUT2D eigenvalue weighted by molar-refractivity contribution is 5.82. The average Bonchev–Trinajstić information content (AvgIpc) is 2.67. The Morgan fingerprint density at radius 2 is 2.00 bits per heavy atom. The van der Waals surface area contributed by atoms with Gasteiger partial charge in [-0.25, -0.2) is 0 Å². The number of rotatable bonds is 6. The topological polar surface area (TPSA) is 50.4 Å². The Kier molecular flexibility index (Phi) is 6.58. The van der Waals surface area contributed by atoms with Gasteiger partial charge in [-0.15, -0.1) is 0 Å². The summed E-state index contributed by atoms with van der Waals surface area (Å²) in [4.78, 5) is 12.9. The highest BCUT2D eigenvalue weighted by Crippen LogP contribution is 2.29. The quantitative estimate of drug-likeness (QED) is 0.813. The van der Waals surface area contributed by atoms with Crippen LogP contribution in [-0.4, -0.2) is 25.1 Å². The van der Waals surface area contributed by atoms with Crippen LogP contribution < -0.4 is 15.4 Å². The Balaban J connectivity index is 1.58. The third-order valence-corrected chi connectivity index (χ3v) is 6.14. The van der Waals surface area contributed by atoms with Crippen molar-refractivity contribution in [2.45, 2.75) is 77.4 Å². The molecule has 2 atom stereocenters. The molecule has 1 amide bonds. The summed E-state index contributed by atoms with van der Waals surface area (Å²) in [6, 6.07) is 6.29. The van der Waals surface area contributed by atoms with Gasteiger partial charge < -0.3 is 15.4 Å². The summed E-state index contributed by atoms with van der Waals surface area (Å²) in [5.74, 6) is 2.28. The second-order valence-electron chi connectivity index (χ2n) is 8.37. The van der Waals surface area contributed by atoms with E-state index < -0.39 is 0 Å². The standard InChI is InChI=1S/C22H34N2O2/c1-15(2)20(11-16-7-5-4-6-8-16)24-22(25)21-13-17-9-10-19(26-3)12-18(17)14-23-21/h9-10,12,15-16,20-21,23H,4-8,11,13-14H2,1-3H3,(H,24,25)/t20-,21?/m1/s1. The SMILES string of the molecule is COc1ccc2c(c1)CNC(C(=O)N[C@H](CC1CCCCC1)C(C)C)C2. The Labute approximate surface area is 158 Å². The minimum Gasteiger partial charge on any atom is -0.497 e. The van der Waals surface area contributed by atoms with Crippen LogP contribution in [0.4, 0.5) is 0 Å². The maximum Gasteiger partial charge on any atom is 0.237 e. The van der Waals surface area contributed by atoms with Gasteiger partial charge >= 0.3 is 0 Å². The van der Waals surface area contributed by atoms with Crippen molar-refractivity contribution >= 4 is 5.91 Å². The Bertz CT molecular complexity index is 608. The van der Waals surface area contributed by atoms with Crippen LogP contribution in [0.2, 0.25) is 0 Å². The fraction of sp³-hybridized carbons (Fsp3) is 0.682. The first kappa shape index (κ1) is 19.2. The molecule has 4 nitrogen and oxygen atoms in total. The maximum absolute atomic E-state index is 12.9. The number of amides is 1. The minimum absolute atomic E-state index is 0.136. The third kappa shape index (κ3) is 4.79. The second kappa shape index (κ2) is 8.90. The van der Waals surface area contributed by atoms with Crippen molar-refractivity contribution in [3.05, 3.63) is 29.3 Å². The van der Waals surface area contributed by atoms with E-state index in [4.69, 9.17) is 4.74 Å². The van der Waals surface area contributed by atoms with Crippen molar-refractivity contribution in [2.24, 2.45) is 11.8 Å². The molecule has 1 aliphatic heterocycles. The zero-order valence-corrected chi connectivity index (χ0v) is 16.5. The molecule has 1 aliphatic carbocycles. The van der Waals surface area contributed by atoms with E-state index in [9.17, 15) is 4.79 Å². The predicted molar refractivity (Wildman–Crippen MR) is 105 cm³/mol. The molecule has 0 saturated heterocycles. The van der Waals surface area contributed by atoms with Crippen LogP contribution in [0.3, 0.4) is 0 Å². The molecule has 0 aromatic heterocycles. The van der Waals surface area contributed by atoms with E-state index in [1.807, 2.05) is 6.07 Å². The second-order valence-corrected chi connectivity index (χ2v) is 8.37. The van der Waals surface area contributed by atoms with Crippen LogP contribution >= 0.6 is 0 Å². The molecular weight excluding hydrogens is 324 g/mol. The summed E-state index contributed by atoms with van der Waals surface area (Å²) in [6.07, 6.45) is 8.63. The number of ether oxygens (including phenoxy) is 1. The van der Waals surface area contributed by atoms with Gasteiger partial charge in [-0.2, -0.15) is 0 Å². The molecule has 2 aliphatic rings. The van der Waals surface area contributed by atoms with E-state index in [-0.39, 0.29) is 18.0 Å². The first-order valence-electron chi connectivity index (χ1n) is 10.3. The van der Waals surface area contributed by atoms with Crippen LogP contribution in [0.5, 0.6) is 5.75 Å². The lowest BCUT2D eigenvalue weighted by atomic mass is 9.82. The lowest BCUT2D eigenvalue weighted by molar-refractivity contribution is -0.124. The number of benzene rings is 1. The summed E-state index contributed by atoms with van der Waals surface area (Å²) in [7, 11) is 1.69. The van der Waals surface area contributed by atoms with Crippen molar-refractivity contribution in [3.8, 4) is 5.75 Å². The molecule has 1 aromatic rings. The Hall–Kier alpha value is -1.55. The summed E-state index contributed by atoms with van der Waals surface area (Å²) in [5, 5.41) is 6.77. The number of nitrogens with one attached hydrogen (secondary N) is 2. The van der Waals surface area contributed by atoms with Gasteiger partial charge in [0.25, 0.3) is 0 Å². The zero-order valence-electron chi connectivity index (χ0n) is 16.5. The fourth-order valence-corrected chi connectivity index (χ4v) is 4.37. The molecule has 0 radical (unpaired) electrons. The van der Waals surface area contributed by atoms with E-state index >= 15 is 0 Å². The molecule has 4 heteroatoms. The van der Waals surface area contributed by atoms with Gasteiger partial charge in [0, 0.05) is 12.6 Å². The molecular formula is C22H34N2O2. The van der Waals surface area contributed by atoms with E-state index in [0.717, 1.165) is 31.1 Å². The van der Waals surface area contributed by atoms with Gasteiger partial charge in [0.15, 0.2) is 0 Å². The van der Waals surface area contributed by atoms with Gasteiger partial charge in [-0.1, -0.05) is 52.0 Å².